The molecule has 0 atom stereocenters. The molecule has 5 heteroatoms. The third-order valence-corrected chi connectivity index (χ3v) is 6.72. The molecule has 0 radical (unpaired) electrons. The number of thiophene rings is 3. The maximum atomic E-state index is 3.59. The third kappa shape index (κ3) is 2.65. The molecule has 0 aliphatic rings. The Morgan fingerprint density at radius 3 is 2.47 bits per heavy atom. The topological polar surface area (TPSA) is 3.24 Å². The molecule has 3 aromatic heterocycles. The van der Waals surface area contributed by atoms with Crippen LogP contribution < -0.4 is 4.90 Å². The fourth-order valence-electron chi connectivity index (χ4n) is 1.87. The summed E-state index contributed by atoms with van der Waals surface area (Å²) in [5.74, 6) is 0. The van der Waals surface area contributed by atoms with Crippen molar-refractivity contribution < 1.29 is 0 Å². The molecular weight excluding hydrogens is 358 g/mol. The van der Waals surface area contributed by atoms with E-state index >= 15 is 0 Å². The quantitative estimate of drug-likeness (QED) is 0.544. The maximum absolute atomic E-state index is 3.59. The van der Waals surface area contributed by atoms with Crippen LogP contribution >= 0.6 is 49.9 Å². The van der Waals surface area contributed by atoms with Gasteiger partial charge in [0, 0.05) is 28.7 Å². The number of halogens is 1. The van der Waals surface area contributed by atoms with Gasteiger partial charge in [0.25, 0.3) is 0 Å². The summed E-state index contributed by atoms with van der Waals surface area (Å²) in [5.41, 5.74) is 1.27. The summed E-state index contributed by atoms with van der Waals surface area (Å²) in [6.07, 6.45) is 0. The summed E-state index contributed by atoms with van der Waals surface area (Å²) in [6, 6.07) is 10.9. The lowest BCUT2D eigenvalue weighted by Gasteiger charge is -2.11. The molecule has 0 fully saturated rings. The number of anilines is 1. The molecule has 0 N–H and O–H groups in total. The molecule has 0 unspecified atom stereocenters. The summed E-state index contributed by atoms with van der Waals surface area (Å²) in [4.78, 5) is 7.53. The van der Waals surface area contributed by atoms with Gasteiger partial charge in [-0.2, -0.15) is 0 Å². The monoisotopic (exact) mass is 369 g/mol. The van der Waals surface area contributed by atoms with E-state index in [1.165, 1.54) is 29.0 Å². The van der Waals surface area contributed by atoms with Crippen molar-refractivity contribution >= 4 is 55.6 Å². The molecule has 0 aromatic carbocycles. The molecule has 3 heterocycles. The van der Waals surface area contributed by atoms with Crippen LogP contribution in [0.4, 0.5) is 5.69 Å². The van der Waals surface area contributed by atoms with E-state index in [1.807, 2.05) is 11.3 Å². The van der Waals surface area contributed by atoms with Crippen molar-refractivity contribution in [3.05, 3.63) is 39.5 Å². The second kappa shape index (κ2) is 5.40. The van der Waals surface area contributed by atoms with Gasteiger partial charge in [0.15, 0.2) is 0 Å². The molecular formula is C14H12BrNS3. The first-order valence-electron chi connectivity index (χ1n) is 5.76. The zero-order valence-corrected chi connectivity index (χ0v) is 14.5. The van der Waals surface area contributed by atoms with Gasteiger partial charge in [0.1, 0.15) is 0 Å². The van der Waals surface area contributed by atoms with Crippen molar-refractivity contribution in [2.75, 3.05) is 19.0 Å². The first kappa shape index (κ1) is 13.4. The average Bonchev–Trinajstić information content (AvgIpc) is 3.07. The van der Waals surface area contributed by atoms with Gasteiger partial charge in [0.05, 0.1) is 14.4 Å². The Balaban J connectivity index is 2.04. The van der Waals surface area contributed by atoms with Gasteiger partial charge in [0.2, 0.25) is 0 Å². The van der Waals surface area contributed by atoms with Crippen LogP contribution in [0.2, 0.25) is 0 Å². The summed E-state index contributed by atoms with van der Waals surface area (Å²) in [6.45, 7) is 0. The van der Waals surface area contributed by atoms with Crippen LogP contribution in [-0.2, 0) is 0 Å². The normalized spacial score (nSPS) is 10.9. The first-order chi connectivity index (χ1) is 9.15. The van der Waals surface area contributed by atoms with Crippen molar-refractivity contribution in [2.45, 2.75) is 0 Å². The Labute approximate surface area is 133 Å². The van der Waals surface area contributed by atoms with Gasteiger partial charge in [-0.3, -0.25) is 0 Å². The van der Waals surface area contributed by atoms with Crippen LogP contribution in [0, 0.1) is 0 Å². The predicted molar refractivity (Wildman–Crippen MR) is 93.0 cm³/mol. The van der Waals surface area contributed by atoms with Crippen molar-refractivity contribution in [3.8, 4) is 19.5 Å². The highest BCUT2D eigenvalue weighted by atomic mass is 79.9. The molecule has 0 saturated carbocycles. The highest BCUT2D eigenvalue weighted by Gasteiger charge is 2.14. The lowest BCUT2D eigenvalue weighted by molar-refractivity contribution is 1.14. The standard InChI is InChI=1S/C14H12BrNS3/c1-16(2)9-8-13(15)19-14(9)12-6-5-11(18-12)10-4-3-7-17-10/h3-8H,1-2H3. The predicted octanol–water partition coefficient (Wildman–Crippen LogP) is 6.03. The van der Waals surface area contributed by atoms with Gasteiger partial charge >= 0.3 is 0 Å². The van der Waals surface area contributed by atoms with E-state index in [1.54, 1.807) is 22.7 Å². The Kier molecular flexibility index (Phi) is 3.80. The fraction of sp³-hybridized carbons (Fsp3) is 0.143. The van der Waals surface area contributed by atoms with Gasteiger partial charge in [-0.05, 0) is 45.6 Å². The van der Waals surface area contributed by atoms with Crippen molar-refractivity contribution in [2.24, 2.45) is 0 Å². The number of nitrogens with zero attached hydrogens (tertiary/aromatic N) is 1. The summed E-state index contributed by atoms with van der Waals surface area (Å²) in [5, 5.41) is 2.13. The minimum atomic E-state index is 1.18. The van der Waals surface area contributed by atoms with E-state index in [9.17, 15) is 0 Å². The molecule has 19 heavy (non-hydrogen) atoms. The molecule has 0 spiro atoms. The second-order valence-corrected chi connectivity index (χ2v) is 8.76. The van der Waals surface area contributed by atoms with E-state index in [0.717, 1.165) is 0 Å². The molecule has 0 amide bonds. The van der Waals surface area contributed by atoms with Crippen molar-refractivity contribution in [1.29, 1.82) is 0 Å². The lowest BCUT2D eigenvalue weighted by atomic mass is 10.3. The Hall–Kier alpha value is -0.620. The van der Waals surface area contributed by atoms with Crippen LogP contribution in [0.3, 0.4) is 0 Å². The highest BCUT2D eigenvalue weighted by molar-refractivity contribution is 9.11. The van der Waals surface area contributed by atoms with Crippen LogP contribution in [-0.4, -0.2) is 14.1 Å². The summed E-state index contributed by atoms with van der Waals surface area (Å²) >= 11 is 9.04. The maximum Gasteiger partial charge on any atom is 0.0726 e. The fourth-order valence-corrected chi connectivity index (χ4v) is 5.49. The minimum Gasteiger partial charge on any atom is -0.376 e. The van der Waals surface area contributed by atoms with E-state index in [4.69, 9.17) is 0 Å². The molecule has 3 aromatic rings. The largest absolute Gasteiger partial charge is 0.376 e. The Bertz CT molecular complexity index is 679. The smallest absolute Gasteiger partial charge is 0.0726 e. The summed E-state index contributed by atoms with van der Waals surface area (Å²) in [7, 11) is 4.18. The second-order valence-electron chi connectivity index (χ2n) is 4.30. The number of hydrogen-bond acceptors (Lipinski definition) is 4. The first-order valence-corrected chi connectivity index (χ1v) is 9.06. The molecule has 98 valence electrons. The van der Waals surface area contributed by atoms with Gasteiger partial charge < -0.3 is 4.90 Å². The van der Waals surface area contributed by atoms with Gasteiger partial charge in [-0.25, -0.2) is 0 Å². The number of rotatable bonds is 3. The average molecular weight is 370 g/mol. The molecule has 0 saturated heterocycles. The van der Waals surface area contributed by atoms with E-state index in [-0.39, 0.29) is 0 Å². The van der Waals surface area contributed by atoms with Crippen LogP contribution in [0.1, 0.15) is 0 Å². The van der Waals surface area contributed by atoms with Gasteiger partial charge in [-0.1, -0.05) is 6.07 Å². The van der Waals surface area contributed by atoms with Crippen molar-refractivity contribution in [1.82, 2.24) is 0 Å². The van der Waals surface area contributed by atoms with Crippen molar-refractivity contribution in [3.63, 3.8) is 0 Å². The Morgan fingerprint density at radius 1 is 1.00 bits per heavy atom. The molecule has 0 aliphatic heterocycles. The van der Waals surface area contributed by atoms with Crippen LogP contribution in [0.5, 0.6) is 0 Å². The zero-order valence-electron chi connectivity index (χ0n) is 10.5. The molecule has 0 aliphatic carbocycles. The minimum absolute atomic E-state index is 1.18. The summed E-state index contributed by atoms with van der Waals surface area (Å²) < 4.78 is 1.18. The van der Waals surface area contributed by atoms with E-state index in [0.29, 0.717) is 0 Å². The SMILES string of the molecule is CN(C)c1cc(Br)sc1-c1ccc(-c2cccs2)s1. The molecule has 1 nitrogen and oxygen atoms in total. The Morgan fingerprint density at radius 2 is 1.79 bits per heavy atom. The zero-order chi connectivity index (χ0) is 13.4. The highest BCUT2D eigenvalue weighted by Crippen LogP contribution is 2.45. The molecule has 3 rings (SSSR count). The van der Waals surface area contributed by atoms with Crippen LogP contribution in [0.15, 0.2) is 39.5 Å². The van der Waals surface area contributed by atoms with E-state index in [2.05, 4.69) is 70.6 Å². The lowest BCUT2D eigenvalue weighted by Crippen LogP contribution is -2.07. The van der Waals surface area contributed by atoms with E-state index < -0.39 is 0 Å². The van der Waals surface area contributed by atoms with Gasteiger partial charge in [-0.15, -0.1) is 34.0 Å². The third-order valence-electron chi connectivity index (χ3n) is 2.76. The number of hydrogen-bond donors (Lipinski definition) is 0. The van der Waals surface area contributed by atoms with Crippen LogP contribution in [0.25, 0.3) is 19.5 Å². The molecule has 0 bridgehead atoms.